The standard InChI is InChI=1S/C24H33FN4O5S/c1-15(2)6-9-18-5-3-4-17(13-28(18)24(32)26-12-16-7-8-16)19-10-11-20(30)23(22(19)25)29-14-21(31)27-35(29,33)34/h4,10-11,15-16,18,30H,3,5-9,12-14H2,1-2H3,(H,26,32)(H,27,31)/t18-/m0/s1. The summed E-state index contributed by atoms with van der Waals surface area (Å²) in [6, 6.07) is 2.40. The zero-order valence-electron chi connectivity index (χ0n) is 20.1. The van der Waals surface area contributed by atoms with E-state index in [2.05, 4.69) is 19.2 Å². The topological polar surface area (TPSA) is 119 Å². The van der Waals surface area contributed by atoms with Crippen molar-refractivity contribution in [3.05, 3.63) is 29.6 Å². The number of amides is 3. The second kappa shape index (κ2) is 10.0. The van der Waals surface area contributed by atoms with Crippen molar-refractivity contribution in [3.63, 3.8) is 0 Å². The summed E-state index contributed by atoms with van der Waals surface area (Å²) in [6.45, 7) is 4.43. The molecule has 1 saturated carbocycles. The Bertz CT molecular complexity index is 1130. The highest BCUT2D eigenvalue weighted by Gasteiger charge is 2.38. The summed E-state index contributed by atoms with van der Waals surface area (Å²) >= 11 is 0. The molecule has 11 heteroatoms. The number of nitrogens with zero attached hydrogens (tertiary/aromatic N) is 2. The van der Waals surface area contributed by atoms with Crippen molar-refractivity contribution in [3.8, 4) is 5.75 Å². The molecule has 3 amide bonds. The minimum Gasteiger partial charge on any atom is -0.506 e. The Labute approximate surface area is 205 Å². The van der Waals surface area contributed by atoms with Crippen LogP contribution in [0.1, 0.15) is 57.9 Å². The lowest BCUT2D eigenvalue weighted by Crippen LogP contribution is -2.47. The average molecular weight is 509 g/mol. The molecule has 0 bridgehead atoms. The van der Waals surface area contributed by atoms with Crippen molar-refractivity contribution in [2.24, 2.45) is 11.8 Å². The van der Waals surface area contributed by atoms with Gasteiger partial charge in [0.05, 0.1) is 0 Å². The van der Waals surface area contributed by atoms with E-state index in [1.807, 2.05) is 6.08 Å². The first-order valence-electron chi connectivity index (χ1n) is 12.2. The van der Waals surface area contributed by atoms with Crippen LogP contribution in [0.25, 0.3) is 5.57 Å². The maximum absolute atomic E-state index is 15.7. The molecular weight excluding hydrogens is 475 g/mol. The average Bonchev–Trinajstić information content (AvgIpc) is 3.58. The van der Waals surface area contributed by atoms with Crippen molar-refractivity contribution in [2.75, 3.05) is 23.9 Å². The molecular formula is C24H33FN4O5S. The first-order chi connectivity index (χ1) is 16.6. The lowest BCUT2D eigenvalue weighted by atomic mass is 9.99. The number of aromatic hydroxyl groups is 1. The summed E-state index contributed by atoms with van der Waals surface area (Å²) in [5.74, 6) is -1.34. The third-order valence-electron chi connectivity index (χ3n) is 6.76. The molecule has 3 aliphatic rings. The van der Waals surface area contributed by atoms with E-state index in [4.69, 9.17) is 0 Å². The first-order valence-corrected chi connectivity index (χ1v) is 13.6. The number of carbonyl (C=O) groups is 2. The predicted octanol–water partition coefficient (Wildman–Crippen LogP) is 3.12. The van der Waals surface area contributed by atoms with E-state index in [9.17, 15) is 23.1 Å². The van der Waals surface area contributed by atoms with Crippen LogP contribution in [0.3, 0.4) is 0 Å². The highest BCUT2D eigenvalue weighted by molar-refractivity contribution is 7.92. The number of halogens is 1. The second-order valence-electron chi connectivity index (χ2n) is 10.0. The van der Waals surface area contributed by atoms with Crippen LogP contribution in [0.4, 0.5) is 14.9 Å². The van der Waals surface area contributed by atoms with Gasteiger partial charge in [0.15, 0.2) is 5.82 Å². The summed E-state index contributed by atoms with van der Waals surface area (Å²) in [6.07, 6.45) is 7.25. The van der Waals surface area contributed by atoms with Gasteiger partial charge in [-0.15, -0.1) is 0 Å². The lowest BCUT2D eigenvalue weighted by molar-refractivity contribution is -0.117. The maximum atomic E-state index is 15.7. The Morgan fingerprint density at radius 3 is 2.63 bits per heavy atom. The number of anilines is 1. The van der Waals surface area contributed by atoms with E-state index in [-0.39, 0.29) is 24.2 Å². The van der Waals surface area contributed by atoms with Crippen LogP contribution >= 0.6 is 0 Å². The molecule has 0 aromatic heterocycles. The third kappa shape index (κ3) is 5.71. The fraction of sp³-hybridized carbons (Fsp3) is 0.583. The Balaban J connectivity index is 1.64. The van der Waals surface area contributed by atoms with Crippen molar-refractivity contribution in [1.29, 1.82) is 0 Å². The van der Waals surface area contributed by atoms with E-state index >= 15 is 4.39 Å². The fourth-order valence-electron chi connectivity index (χ4n) is 4.58. The highest BCUT2D eigenvalue weighted by Crippen LogP contribution is 2.38. The molecule has 0 spiro atoms. The molecule has 1 atom stereocenters. The number of phenolic OH excluding ortho intramolecular Hbond substituents is 1. The van der Waals surface area contributed by atoms with Crippen LogP contribution in [0.2, 0.25) is 0 Å². The lowest BCUT2D eigenvalue weighted by Gasteiger charge is -2.32. The summed E-state index contributed by atoms with van der Waals surface area (Å²) in [7, 11) is -4.31. The van der Waals surface area contributed by atoms with Gasteiger partial charge in [0, 0.05) is 24.7 Å². The van der Waals surface area contributed by atoms with Gasteiger partial charge in [-0.05, 0) is 68.1 Å². The number of benzene rings is 1. The minimum atomic E-state index is -4.31. The van der Waals surface area contributed by atoms with Gasteiger partial charge in [-0.2, -0.15) is 8.42 Å². The molecule has 9 nitrogen and oxygen atoms in total. The minimum absolute atomic E-state index is 0.00854. The van der Waals surface area contributed by atoms with E-state index in [0.717, 1.165) is 32.1 Å². The van der Waals surface area contributed by atoms with Gasteiger partial charge in [-0.3, -0.25) is 4.79 Å². The largest absolute Gasteiger partial charge is 0.506 e. The van der Waals surface area contributed by atoms with Gasteiger partial charge in [0.1, 0.15) is 18.0 Å². The number of phenols is 1. The molecule has 4 rings (SSSR count). The molecule has 2 heterocycles. The molecule has 3 N–H and O–H groups in total. The number of hydrogen-bond acceptors (Lipinski definition) is 5. The maximum Gasteiger partial charge on any atom is 0.326 e. The molecule has 1 aromatic carbocycles. The summed E-state index contributed by atoms with van der Waals surface area (Å²) in [5, 5.41) is 13.3. The van der Waals surface area contributed by atoms with Crippen LogP contribution in [0.5, 0.6) is 5.75 Å². The van der Waals surface area contributed by atoms with Gasteiger partial charge < -0.3 is 15.3 Å². The Morgan fingerprint density at radius 2 is 2.00 bits per heavy atom. The summed E-state index contributed by atoms with van der Waals surface area (Å²) in [4.78, 5) is 26.6. The van der Waals surface area contributed by atoms with Crippen molar-refractivity contribution < 1.29 is 27.5 Å². The molecule has 1 saturated heterocycles. The molecule has 2 aliphatic heterocycles. The number of allylic oxidation sites excluding steroid dienone is 1. The number of nitrogens with one attached hydrogen (secondary N) is 2. The van der Waals surface area contributed by atoms with Crippen LogP contribution in [-0.4, -0.2) is 56.0 Å². The molecule has 35 heavy (non-hydrogen) atoms. The molecule has 0 radical (unpaired) electrons. The van der Waals surface area contributed by atoms with Crippen molar-refractivity contribution in [2.45, 2.75) is 58.4 Å². The van der Waals surface area contributed by atoms with E-state index < -0.39 is 39.9 Å². The molecule has 0 unspecified atom stereocenters. The normalized spacial score (nSPS) is 22.1. The zero-order valence-corrected chi connectivity index (χ0v) is 20.9. The number of carbonyl (C=O) groups excluding carboxylic acids is 2. The first kappa shape index (κ1) is 25.3. The smallest absolute Gasteiger partial charge is 0.326 e. The molecule has 1 aromatic rings. The SMILES string of the molecule is CC(C)CC[C@@H]1CCC=C(c2ccc(O)c(N3CC(=O)NS3(=O)=O)c2F)CN1C(=O)NCC1CC1. The summed E-state index contributed by atoms with van der Waals surface area (Å²) in [5.41, 5.74) is 0.0530. The van der Waals surface area contributed by atoms with Crippen LogP contribution in [0.15, 0.2) is 18.2 Å². The van der Waals surface area contributed by atoms with Gasteiger partial charge in [-0.1, -0.05) is 19.9 Å². The van der Waals surface area contributed by atoms with Crippen molar-refractivity contribution in [1.82, 2.24) is 14.9 Å². The van der Waals surface area contributed by atoms with Crippen LogP contribution in [-0.2, 0) is 15.0 Å². The zero-order chi connectivity index (χ0) is 25.3. The van der Waals surface area contributed by atoms with E-state index in [0.29, 0.717) is 34.7 Å². The van der Waals surface area contributed by atoms with Gasteiger partial charge >= 0.3 is 16.2 Å². The highest BCUT2D eigenvalue weighted by atomic mass is 32.2. The number of hydrogen-bond donors (Lipinski definition) is 3. The Kier molecular flexibility index (Phi) is 7.25. The quantitative estimate of drug-likeness (QED) is 0.523. The van der Waals surface area contributed by atoms with Crippen molar-refractivity contribution >= 4 is 33.4 Å². The third-order valence-corrected chi connectivity index (χ3v) is 8.14. The predicted molar refractivity (Wildman–Crippen MR) is 130 cm³/mol. The monoisotopic (exact) mass is 508 g/mol. The number of rotatable bonds is 7. The Morgan fingerprint density at radius 1 is 1.26 bits per heavy atom. The van der Waals surface area contributed by atoms with E-state index in [1.54, 1.807) is 9.62 Å². The summed E-state index contributed by atoms with van der Waals surface area (Å²) < 4.78 is 42.7. The Hall–Kier alpha value is -2.82. The van der Waals surface area contributed by atoms with Crippen LogP contribution < -0.4 is 14.3 Å². The number of urea groups is 1. The van der Waals surface area contributed by atoms with E-state index in [1.165, 1.54) is 12.1 Å². The molecule has 2 fully saturated rings. The molecule has 1 aliphatic carbocycles. The molecule has 192 valence electrons. The fourth-order valence-corrected chi connectivity index (χ4v) is 5.75. The van der Waals surface area contributed by atoms with Crippen LogP contribution in [0, 0.1) is 17.7 Å². The van der Waals surface area contributed by atoms with Gasteiger partial charge in [-0.25, -0.2) is 18.2 Å². The second-order valence-corrected chi connectivity index (χ2v) is 11.6. The van der Waals surface area contributed by atoms with Gasteiger partial charge in [0.2, 0.25) is 0 Å². The van der Waals surface area contributed by atoms with Gasteiger partial charge in [0.25, 0.3) is 5.91 Å².